The van der Waals surface area contributed by atoms with Gasteiger partial charge in [-0.05, 0) is 44.7 Å². The molecule has 0 bridgehead atoms. The highest BCUT2D eigenvalue weighted by Crippen LogP contribution is 2.27. The average molecular weight is 340 g/mol. The van der Waals surface area contributed by atoms with Crippen molar-refractivity contribution in [2.24, 2.45) is 5.73 Å². The van der Waals surface area contributed by atoms with Gasteiger partial charge in [-0.15, -0.1) is 12.4 Å². The van der Waals surface area contributed by atoms with Crippen LogP contribution < -0.4 is 16.4 Å². The molecule has 0 saturated heterocycles. The molecule has 1 fully saturated rings. The van der Waals surface area contributed by atoms with Crippen LogP contribution in [0.5, 0.6) is 0 Å². The van der Waals surface area contributed by atoms with E-state index >= 15 is 0 Å². The van der Waals surface area contributed by atoms with Gasteiger partial charge in [-0.2, -0.15) is 0 Å². The number of halogens is 1. The molecule has 4 N–H and O–H groups in total. The van der Waals surface area contributed by atoms with Gasteiger partial charge >= 0.3 is 0 Å². The Morgan fingerprint density at radius 1 is 1.13 bits per heavy atom. The van der Waals surface area contributed by atoms with Crippen LogP contribution in [-0.2, 0) is 9.59 Å². The van der Waals surface area contributed by atoms with Crippen LogP contribution in [0.4, 0.5) is 5.69 Å². The van der Waals surface area contributed by atoms with E-state index in [-0.39, 0.29) is 30.8 Å². The molecule has 1 saturated carbocycles. The van der Waals surface area contributed by atoms with Crippen LogP contribution in [0.3, 0.4) is 0 Å². The van der Waals surface area contributed by atoms with Crippen molar-refractivity contribution >= 4 is 29.9 Å². The zero-order chi connectivity index (χ0) is 16.3. The van der Waals surface area contributed by atoms with Crippen LogP contribution in [-0.4, -0.2) is 23.9 Å². The fourth-order valence-corrected chi connectivity index (χ4v) is 3.13. The summed E-state index contributed by atoms with van der Waals surface area (Å²) in [5, 5.41) is 5.53. The summed E-state index contributed by atoms with van der Waals surface area (Å²) in [6, 6.07) is 4.04. The highest BCUT2D eigenvalue weighted by Gasteiger charge is 2.36. The minimum Gasteiger partial charge on any atom is -0.345 e. The van der Waals surface area contributed by atoms with Crippen molar-refractivity contribution in [1.82, 2.24) is 5.32 Å². The predicted molar refractivity (Wildman–Crippen MR) is 94.9 cm³/mol. The minimum atomic E-state index is -0.796. The van der Waals surface area contributed by atoms with E-state index in [4.69, 9.17) is 5.73 Å². The van der Waals surface area contributed by atoms with Gasteiger partial charge in [0.2, 0.25) is 11.8 Å². The summed E-state index contributed by atoms with van der Waals surface area (Å²) in [6.07, 6.45) is 3.32. The third-order valence-corrected chi connectivity index (χ3v) is 4.30. The van der Waals surface area contributed by atoms with Gasteiger partial charge in [-0.1, -0.05) is 30.5 Å². The summed E-state index contributed by atoms with van der Waals surface area (Å²) in [4.78, 5) is 24.1. The number of nitrogens with two attached hydrogens (primary N) is 1. The highest BCUT2D eigenvalue weighted by atomic mass is 35.5. The maximum absolute atomic E-state index is 12.1. The number of aryl methyl sites for hydroxylation is 3. The van der Waals surface area contributed by atoms with Gasteiger partial charge in [-0.25, -0.2) is 0 Å². The van der Waals surface area contributed by atoms with E-state index in [2.05, 4.69) is 10.6 Å². The van der Waals surface area contributed by atoms with Gasteiger partial charge in [0, 0.05) is 5.69 Å². The number of anilines is 1. The lowest BCUT2D eigenvalue weighted by molar-refractivity contribution is -0.128. The Morgan fingerprint density at radius 3 is 2.17 bits per heavy atom. The Labute approximate surface area is 143 Å². The molecule has 2 rings (SSSR count). The van der Waals surface area contributed by atoms with Crippen LogP contribution in [0.2, 0.25) is 0 Å². The normalized spacial score (nSPS) is 15.7. The van der Waals surface area contributed by atoms with Gasteiger partial charge in [0.15, 0.2) is 0 Å². The van der Waals surface area contributed by atoms with Crippen LogP contribution in [0.25, 0.3) is 0 Å². The Balaban J connectivity index is 0.00000264. The summed E-state index contributed by atoms with van der Waals surface area (Å²) < 4.78 is 0. The molecule has 6 heteroatoms. The van der Waals surface area contributed by atoms with Crippen molar-refractivity contribution in [3.8, 4) is 0 Å². The lowest BCUT2D eigenvalue weighted by Crippen LogP contribution is -2.53. The monoisotopic (exact) mass is 339 g/mol. The summed E-state index contributed by atoms with van der Waals surface area (Å²) in [5.41, 5.74) is 9.27. The van der Waals surface area contributed by atoms with Crippen molar-refractivity contribution in [3.63, 3.8) is 0 Å². The quantitative estimate of drug-likeness (QED) is 0.787. The van der Waals surface area contributed by atoms with E-state index in [0.717, 1.165) is 35.2 Å². The van der Waals surface area contributed by atoms with E-state index in [9.17, 15) is 9.59 Å². The van der Waals surface area contributed by atoms with E-state index < -0.39 is 5.54 Å². The van der Waals surface area contributed by atoms with Gasteiger partial charge in [0.05, 0.1) is 12.1 Å². The molecular weight excluding hydrogens is 314 g/mol. The molecule has 0 atom stereocenters. The van der Waals surface area contributed by atoms with E-state index in [0.29, 0.717) is 12.8 Å². The van der Waals surface area contributed by atoms with E-state index in [1.165, 1.54) is 0 Å². The maximum atomic E-state index is 12.1. The predicted octanol–water partition coefficient (Wildman–Crippen LogP) is 2.36. The second kappa shape index (κ2) is 7.79. The first kappa shape index (κ1) is 19.5. The molecule has 1 aromatic carbocycles. The Kier molecular flexibility index (Phi) is 6.59. The van der Waals surface area contributed by atoms with E-state index in [1.54, 1.807) is 0 Å². The molecule has 128 valence electrons. The number of nitrogens with one attached hydrogen (secondary N) is 2. The molecule has 0 spiro atoms. The fourth-order valence-electron chi connectivity index (χ4n) is 3.13. The molecule has 0 radical (unpaired) electrons. The highest BCUT2D eigenvalue weighted by molar-refractivity contribution is 5.97. The van der Waals surface area contributed by atoms with Crippen LogP contribution >= 0.6 is 12.4 Å². The Bertz CT molecular complexity index is 572. The van der Waals surface area contributed by atoms with Gasteiger partial charge < -0.3 is 16.4 Å². The number of hydrogen-bond donors (Lipinski definition) is 3. The summed E-state index contributed by atoms with van der Waals surface area (Å²) in [7, 11) is 0. The number of carbonyl (C=O) groups excluding carboxylic acids is 2. The summed E-state index contributed by atoms with van der Waals surface area (Å²) in [5.74, 6) is -0.456. The van der Waals surface area contributed by atoms with Crippen molar-refractivity contribution < 1.29 is 9.59 Å². The molecule has 5 nitrogen and oxygen atoms in total. The van der Waals surface area contributed by atoms with Crippen LogP contribution in [0.1, 0.15) is 42.4 Å². The zero-order valence-corrected chi connectivity index (χ0v) is 14.8. The number of rotatable bonds is 4. The lowest BCUT2D eigenvalue weighted by Gasteiger charge is -2.22. The third-order valence-electron chi connectivity index (χ3n) is 4.30. The first-order valence-corrected chi connectivity index (χ1v) is 7.77. The molecule has 1 aromatic rings. The second-order valence-electron chi connectivity index (χ2n) is 6.37. The molecule has 0 unspecified atom stereocenters. The van der Waals surface area contributed by atoms with Crippen molar-refractivity contribution in [1.29, 1.82) is 0 Å². The number of carbonyl (C=O) groups is 2. The van der Waals surface area contributed by atoms with E-state index in [1.807, 2.05) is 32.9 Å². The molecule has 23 heavy (non-hydrogen) atoms. The van der Waals surface area contributed by atoms with Crippen molar-refractivity contribution in [2.75, 3.05) is 11.9 Å². The van der Waals surface area contributed by atoms with Crippen molar-refractivity contribution in [2.45, 2.75) is 52.0 Å². The Morgan fingerprint density at radius 2 is 1.65 bits per heavy atom. The van der Waals surface area contributed by atoms with Gasteiger partial charge in [-0.3, -0.25) is 9.59 Å². The number of amides is 2. The SMILES string of the molecule is Cc1cc(C)c(NC(=O)CNC(=O)C2(N)CCCC2)c(C)c1.Cl. The fraction of sp³-hybridized carbons (Fsp3) is 0.529. The molecule has 1 aliphatic rings. The zero-order valence-electron chi connectivity index (χ0n) is 14.0. The molecule has 0 heterocycles. The average Bonchev–Trinajstić information content (AvgIpc) is 2.88. The molecule has 1 aliphatic carbocycles. The molecule has 0 aliphatic heterocycles. The topological polar surface area (TPSA) is 84.2 Å². The molecule has 0 aromatic heterocycles. The largest absolute Gasteiger partial charge is 0.345 e. The second-order valence-corrected chi connectivity index (χ2v) is 6.37. The summed E-state index contributed by atoms with van der Waals surface area (Å²) in [6.45, 7) is 5.89. The lowest BCUT2D eigenvalue weighted by atomic mass is 9.98. The van der Waals surface area contributed by atoms with Crippen molar-refractivity contribution in [3.05, 3.63) is 28.8 Å². The third kappa shape index (κ3) is 4.69. The Hall–Kier alpha value is -1.59. The number of benzene rings is 1. The van der Waals surface area contributed by atoms with Gasteiger partial charge in [0.25, 0.3) is 0 Å². The number of hydrogen-bond acceptors (Lipinski definition) is 3. The smallest absolute Gasteiger partial charge is 0.243 e. The molecule has 2 amide bonds. The molecular formula is C17H26ClN3O2. The summed E-state index contributed by atoms with van der Waals surface area (Å²) >= 11 is 0. The first-order chi connectivity index (χ1) is 10.3. The van der Waals surface area contributed by atoms with Crippen LogP contribution in [0, 0.1) is 20.8 Å². The van der Waals surface area contributed by atoms with Gasteiger partial charge in [0.1, 0.15) is 0 Å². The minimum absolute atomic E-state index is 0. The first-order valence-electron chi connectivity index (χ1n) is 7.77. The van der Waals surface area contributed by atoms with Crippen LogP contribution in [0.15, 0.2) is 12.1 Å². The maximum Gasteiger partial charge on any atom is 0.243 e. The standard InChI is InChI=1S/C17H25N3O2.ClH/c1-11-8-12(2)15(13(3)9-11)20-14(21)10-19-16(22)17(18)6-4-5-7-17;/h8-9H,4-7,10,18H2,1-3H3,(H,19,22)(H,20,21);1H.